The predicted molar refractivity (Wildman–Crippen MR) is 122 cm³/mol. The molecular formula is C23H23ClN2O4S. The van der Waals surface area contributed by atoms with Crippen molar-refractivity contribution < 1.29 is 19.0 Å². The number of amides is 1. The Labute approximate surface area is 189 Å². The van der Waals surface area contributed by atoms with Gasteiger partial charge >= 0.3 is 0 Å². The molecule has 162 valence electrons. The number of ether oxygens (including phenoxy) is 3. The number of aromatic nitrogens is 1. The van der Waals surface area contributed by atoms with Gasteiger partial charge in [-0.1, -0.05) is 35.1 Å². The monoisotopic (exact) mass is 458 g/mol. The number of nitrogens with zero attached hydrogens (tertiary/aromatic N) is 2. The lowest BCUT2D eigenvalue weighted by Crippen LogP contribution is -2.52. The van der Waals surface area contributed by atoms with Crippen LogP contribution in [0.3, 0.4) is 0 Å². The Morgan fingerprint density at radius 2 is 2.03 bits per heavy atom. The van der Waals surface area contributed by atoms with Gasteiger partial charge in [-0.3, -0.25) is 9.69 Å². The van der Waals surface area contributed by atoms with E-state index in [1.54, 1.807) is 4.90 Å². The lowest BCUT2D eigenvalue weighted by atomic mass is 10.1. The highest BCUT2D eigenvalue weighted by Gasteiger charge is 2.39. The molecule has 31 heavy (non-hydrogen) atoms. The minimum Gasteiger partial charge on any atom is -0.482 e. The zero-order chi connectivity index (χ0) is 21.5. The minimum atomic E-state index is -0.770. The summed E-state index contributed by atoms with van der Waals surface area (Å²) in [6, 6.07) is 11.2. The van der Waals surface area contributed by atoms with Crippen molar-refractivity contribution in [3.05, 3.63) is 47.0 Å². The number of fused-ring (bicyclic) bond motifs is 2. The maximum atomic E-state index is 13.7. The van der Waals surface area contributed by atoms with E-state index in [4.69, 9.17) is 30.8 Å². The van der Waals surface area contributed by atoms with E-state index in [1.165, 1.54) is 11.3 Å². The molecule has 3 aromatic rings. The summed E-state index contributed by atoms with van der Waals surface area (Å²) in [6.45, 7) is 4.97. The Morgan fingerprint density at radius 3 is 2.77 bits per heavy atom. The van der Waals surface area contributed by atoms with Crippen LogP contribution in [-0.2, 0) is 9.53 Å². The zero-order valence-electron chi connectivity index (χ0n) is 17.3. The van der Waals surface area contributed by atoms with Gasteiger partial charge in [-0.05, 0) is 56.5 Å². The summed E-state index contributed by atoms with van der Waals surface area (Å²) in [5.74, 6) is 1.04. The smallest absolute Gasteiger partial charge is 0.273 e. The first-order chi connectivity index (χ1) is 15.0. The zero-order valence-corrected chi connectivity index (χ0v) is 18.9. The van der Waals surface area contributed by atoms with Gasteiger partial charge in [0.25, 0.3) is 5.91 Å². The van der Waals surface area contributed by atoms with Gasteiger partial charge in [0.2, 0.25) is 6.10 Å². The van der Waals surface area contributed by atoms with E-state index in [0.29, 0.717) is 34.8 Å². The molecule has 8 heteroatoms. The fraction of sp³-hybridized carbons (Fsp3) is 0.391. The van der Waals surface area contributed by atoms with E-state index in [1.807, 2.05) is 50.2 Å². The Kier molecular flexibility index (Phi) is 5.50. The van der Waals surface area contributed by atoms with E-state index >= 15 is 0 Å². The maximum absolute atomic E-state index is 13.7. The second kappa shape index (κ2) is 8.30. The van der Waals surface area contributed by atoms with Gasteiger partial charge in [-0.2, -0.15) is 0 Å². The summed E-state index contributed by atoms with van der Waals surface area (Å²) in [5.41, 5.74) is 1.84. The summed E-state index contributed by atoms with van der Waals surface area (Å²) in [6.07, 6.45) is 0.689. The molecule has 2 aliphatic heterocycles. The van der Waals surface area contributed by atoms with Crippen LogP contribution in [0.1, 0.15) is 25.3 Å². The van der Waals surface area contributed by atoms with Crippen LogP contribution in [0.5, 0.6) is 11.5 Å². The van der Waals surface area contributed by atoms with Crippen LogP contribution in [0.2, 0.25) is 5.02 Å². The third kappa shape index (κ3) is 3.97. The topological polar surface area (TPSA) is 60.9 Å². The molecule has 1 aromatic heterocycles. The van der Waals surface area contributed by atoms with E-state index < -0.39 is 12.2 Å². The Hall–Kier alpha value is -2.35. The third-order valence-electron chi connectivity index (χ3n) is 5.63. The van der Waals surface area contributed by atoms with Crippen molar-refractivity contribution in [3.8, 4) is 11.5 Å². The van der Waals surface area contributed by atoms with Crippen LogP contribution in [0, 0.1) is 6.92 Å². The number of carbonyl (C=O) groups excluding carboxylic acids is 1. The standard InChI is InChI=1S/C23H23ClN2O4S/c1-13-10-15(24)11-19-20(13)25-23(31-19)26(12-16-6-5-9-28-16)22(27)21-14(2)29-17-7-3-4-8-18(17)30-21/h3-4,7-8,10-11,14,16,21H,5-6,9,12H2,1-2H3. The van der Waals surface area contributed by atoms with Crippen LogP contribution in [0.25, 0.3) is 10.2 Å². The number of carbonyl (C=O) groups is 1. The fourth-order valence-corrected chi connectivity index (χ4v) is 5.49. The van der Waals surface area contributed by atoms with Gasteiger partial charge in [0.15, 0.2) is 16.6 Å². The molecule has 3 heterocycles. The molecule has 0 aliphatic carbocycles. The minimum absolute atomic E-state index is 0.0206. The molecule has 2 aliphatic rings. The molecule has 6 nitrogen and oxygen atoms in total. The van der Waals surface area contributed by atoms with Gasteiger partial charge in [-0.15, -0.1) is 0 Å². The third-order valence-corrected chi connectivity index (χ3v) is 6.88. The first-order valence-electron chi connectivity index (χ1n) is 10.4. The summed E-state index contributed by atoms with van der Waals surface area (Å²) < 4.78 is 18.8. The van der Waals surface area contributed by atoms with Crippen LogP contribution < -0.4 is 14.4 Å². The summed E-state index contributed by atoms with van der Waals surface area (Å²) in [5, 5.41) is 1.28. The van der Waals surface area contributed by atoms with Gasteiger partial charge in [0, 0.05) is 11.6 Å². The molecule has 0 N–H and O–H groups in total. The first kappa shape index (κ1) is 20.5. The number of hydrogen-bond acceptors (Lipinski definition) is 6. The maximum Gasteiger partial charge on any atom is 0.273 e. The summed E-state index contributed by atoms with van der Waals surface area (Å²) >= 11 is 7.70. The van der Waals surface area contributed by atoms with Gasteiger partial charge in [-0.25, -0.2) is 4.98 Å². The van der Waals surface area contributed by atoms with Crippen molar-refractivity contribution in [2.75, 3.05) is 18.1 Å². The molecule has 0 radical (unpaired) electrons. The molecule has 3 atom stereocenters. The second-order valence-electron chi connectivity index (χ2n) is 7.96. The molecule has 1 saturated heterocycles. The van der Waals surface area contributed by atoms with E-state index in [9.17, 15) is 4.79 Å². The molecule has 0 spiro atoms. The molecule has 5 rings (SSSR count). The average molecular weight is 459 g/mol. The number of benzene rings is 2. The Morgan fingerprint density at radius 1 is 1.26 bits per heavy atom. The lowest BCUT2D eigenvalue weighted by Gasteiger charge is -2.34. The molecule has 0 saturated carbocycles. The largest absolute Gasteiger partial charge is 0.482 e. The first-order valence-corrected chi connectivity index (χ1v) is 11.6. The number of aryl methyl sites for hydroxylation is 1. The van der Waals surface area contributed by atoms with Crippen LogP contribution in [0.15, 0.2) is 36.4 Å². The Bertz CT molecular complexity index is 1130. The van der Waals surface area contributed by atoms with Crippen molar-refractivity contribution in [2.45, 2.75) is 45.0 Å². The quantitative estimate of drug-likeness (QED) is 0.550. The highest BCUT2D eigenvalue weighted by Crippen LogP contribution is 2.37. The second-order valence-corrected chi connectivity index (χ2v) is 9.40. The average Bonchev–Trinajstić information content (AvgIpc) is 3.40. The van der Waals surface area contributed by atoms with Crippen molar-refractivity contribution in [1.82, 2.24) is 4.98 Å². The number of hydrogen-bond donors (Lipinski definition) is 0. The molecule has 0 bridgehead atoms. The SMILES string of the molecule is Cc1cc(Cl)cc2sc(N(CC3CCCO3)C(=O)C3Oc4ccccc4OC3C)nc12. The Balaban J connectivity index is 1.50. The molecular weight excluding hydrogens is 436 g/mol. The highest BCUT2D eigenvalue weighted by atomic mass is 35.5. The normalized spacial score (nSPS) is 22.6. The number of halogens is 1. The molecule has 1 fully saturated rings. The number of anilines is 1. The van der Waals surface area contributed by atoms with E-state index in [-0.39, 0.29) is 12.0 Å². The summed E-state index contributed by atoms with van der Waals surface area (Å²) in [7, 11) is 0. The van der Waals surface area contributed by atoms with Gasteiger partial charge < -0.3 is 14.2 Å². The number of thiazole rings is 1. The molecule has 3 unspecified atom stereocenters. The van der Waals surface area contributed by atoms with Crippen LogP contribution >= 0.6 is 22.9 Å². The van der Waals surface area contributed by atoms with Gasteiger partial charge in [0.1, 0.15) is 6.10 Å². The molecule has 1 amide bonds. The van der Waals surface area contributed by atoms with Crippen molar-refractivity contribution >= 4 is 44.2 Å². The highest BCUT2D eigenvalue weighted by molar-refractivity contribution is 7.22. The van der Waals surface area contributed by atoms with Crippen LogP contribution in [0.4, 0.5) is 5.13 Å². The van der Waals surface area contributed by atoms with Crippen molar-refractivity contribution in [3.63, 3.8) is 0 Å². The van der Waals surface area contributed by atoms with E-state index in [0.717, 1.165) is 28.6 Å². The van der Waals surface area contributed by atoms with E-state index in [2.05, 4.69) is 0 Å². The van der Waals surface area contributed by atoms with Gasteiger partial charge in [0.05, 0.1) is 22.9 Å². The van der Waals surface area contributed by atoms with Crippen LogP contribution in [-0.4, -0.2) is 42.4 Å². The lowest BCUT2D eigenvalue weighted by molar-refractivity contribution is -0.131. The molecule has 2 aromatic carbocycles. The van der Waals surface area contributed by atoms with Crippen molar-refractivity contribution in [2.24, 2.45) is 0 Å². The fourth-order valence-electron chi connectivity index (χ4n) is 4.06. The van der Waals surface area contributed by atoms with Crippen molar-refractivity contribution in [1.29, 1.82) is 0 Å². The predicted octanol–water partition coefficient (Wildman–Crippen LogP) is 5.00. The number of para-hydroxylation sites is 2. The summed E-state index contributed by atoms with van der Waals surface area (Å²) in [4.78, 5) is 20.2. The number of rotatable bonds is 4.